The van der Waals surface area contributed by atoms with Crippen LogP contribution in [0.1, 0.15) is 19.3 Å². The Labute approximate surface area is 100 Å². The Bertz CT molecular complexity index is 492. The summed E-state index contributed by atoms with van der Waals surface area (Å²) in [6.07, 6.45) is 4.90. The topological polar surface area (TPSA) is 35.5 Å². The summed E-state index contributed by atoms with van der Waals surface area (Å²) in [6.45, 7) is 0.393. The van der Waals surface area contributed by atoms with Gasteiger partial charge >= 0.3 is 0 Å². The molecule has 0 bridgehead atoms. The van der Waals surface area contributed by atoms with Crippen molar-refractivity contribution in [1.82, 2.24) is 0 Å². The van der Waals surface area contributed by atoms with Crippen LogP contribution in [-0.2, 0) is 4.79 Å². The second kappa shape index (κ2) is 5.76. The number of carbonyl (C=O) groups is 1. The zero-order valence-corrected chi connectivity index (χ0v) is 9.31. The number of rotatable bonds is 4. The summed E-state index contributed by atoms with van der Waals surface area (Å²) in [7, 11) is 0. The largest absolute Gasteiger partial charge is 0.449 e. The van der Waals surface area contributed by atoms with E-state index in [1.807, 2.05) is 6.08 Å². The maximum atomic E-state index is 10.2. The first-order chi connectivity index (χ1) is 8.38. The predicted molar refractivity (Wildman–Crippen MR) is 63.5 cm³/mol. The standard InChI is InChI=1S/C14H12O3/c15-11-16-13-8-5-9-14(10-13)17-12-6-3-1-2-4-7-12/h5-6,8-11H,1-3H2. The molecular weight excluding hydrogens is 216 g/mol. The summed E-state index contributed by atoms with van der Waals surface area (Å²) in [4.78, 5) is 10.2. The van der Waals surface area contributed by atoms with Crippen molar-refractivity contribution >= 4 is 6.47 Å². The molecule has 1 aromatic rings. The fraction of sp³-hybridized carbons (Fsp3) is 0.214. The average molecular weight is 228 g/mol. The van der Waals surface area contributed by atoms with E-state index < -0.39 is 0 Å². The molecule has 0 heterocycles. The molecule has 3 nitrogen and oxygen atoms in total. The molecule has 1 aromatic carbocycles. The first-order valence-corrected chi connectivity index (χ1v) is 5.46. The molecule has 0 saturated carbocycles. The quantitative estimate of drug-likeness (QED) is 0.587. The second-order valence-corrected chi connectivity index (χ2v) is 3.55. The van der Waals surface area contributed by atoms with E-state index >= 15 is 0 Å². The smallest absolute Gasteiger partial charge is 0.298 e. The summed E-state index contributed by atoms with van der Waals surface area (Å²) >= 11 is 0. The van der Waals surface area contributed by atoms with Gasteiger partial charge in [-0.25, -0.2) is 0 Å². The molecule has 0 aliphatic heterocycles. The average Bonchev–Trinajstić information content (AvgIpc) is 2.59. The van der Waals surface area contributed by atoms with Crippen molar-refractivity contribution in [2.45, 2.75) is 19.3 Å². The summed E-state index contributed by atoms with van der Waals surface area (Å²) in [5, 5.41) is 0. The van der Waals surface area contributed by atoms with Gasteiger partial charge in [0, 0.05) is 12.5 Å². The Hall–Kier alpha value is -2.21. The van der Waals surface area contributed by atoms with Gasteiger partial charge in [0.25, 0.3) is 6.47 Å². The lowest BCUT2D eigenvalue weighted by Gasteiger charge is -2.05. The van der Waals surface area contributed by atoms with E-state index in [-0.39, 0.29) is 0 Å². The van der Waals surface area contributed by atoms with Crippen molar-refractivity contribution in [2.75, 3.05) is 0 Å². The molecule has 0 fully saturated rings. The van der Waals surface area contributed by atoms with E-state index in [1.165, 1.54) is 0 Å². The molecule has 1 aliphatic rings. The zero-order valence-electron chi connectivity index (χ0n) is 9.31. The maximum absolute atomic E-state index is 10.2. The molecule has 2 rings (SSSR count). The number of benzene rings is 1. The van der Waals surface area contributed by atoms with Crippen LogP contribution >= 0.6 is 0 Å². The molecule has 0 aromatic heterocycles. The van der Waals surface area contributed by atoms with Gasteiger partial charge in [0.2, 0.25) is 0 Å². The predicted octanol–water partition coefficient (Wildman–Crippen LogP) is 2.67. The highest BCUT2D eigenvalue weighted by atomic mass is 16.5. The Morgan fingerprint density at radius 3 is 3.06 bits per heavy atom. The lowest BCUT2D eigenvalue weighted by Crippen LogP contribution is -1.94. The van der Waals surface area contributed by atoms with E-state index in [0.717, 1.165) is 19.3 Å². The van der Waals surface area contributed by atoms with Crippen molar-refractivity contribution < 1.29 is 14.3 Å². The lowest BCUT2D eigenvalue weighted by atomic mass is 10.2. The highest BCUT2D eigenvalue weighted by Gasteiger charge is 2.01. The Morgan fingerprint density at radius 2 is 2.18 bits per heavy atom. The molecule has 0 atom stereocenters. The van der Waals surface area contributed by atoms with Crippen LogP contribution in [-0.4, -0.2) is 6.47 Å². The fourth-order valence-electron chi connectivity index (χ4n) is 1.48. The van der Waals surface area contributed by atoms with Crippen molar-refractivity contribution in [2.24, 2.45) is 0 Å². The molecule has 0 N–H and O–H groups in total. The van der Waals surface area contributed by atoms with Gasteiger partial charge in [-0.05, 0) is 37.0 Å². The summed E-state index contributed by atoms with van der Waals surface area (Å²) in [5.41, 5.74) is 0. The lowest BCUT2D eigenvalue weighted by molar-refractivity contribution is -0.120. The van der Waals surface area contributed by atoms with Gasteiger partial charge in [0.15, 0.2) is 5.76 Å². The van der Waals surface area contributed by atoms with Crippen LogP contribution in [0.2, 0.25) is 0 Å². The molecule has 0 saturated heterocycles. The molecule has 17 heavy (non-hydrogen) atoms. The maximum Gasteiger partial charge on any atom is 0.298 e. The minimum atomic E-state index is 0.393. The van der Waals surface area contributed by atoms with Gasteiger partial charge in [-0.2, -0.15) is 0 Å². The van der Waals surface area contributed by atoms with E-state index in [2.05, 4.69) is 11.8 Å². The SMILES string of the molecule is O=COc1cccc(OC2=CCCCC#C2)c1. The third kappa shape index (κ3) is 3.39. The molecule has 3 heteroatoms. The third-order valence-corrected chi connectivity index (χ3v) is 2.26. The van der Waals surface area contributed by atoms with Crippen molar-refractivity contribution in [1.29, 1.82) is 0 Å². The molecule has 86 valence electrons. The number of ether oxygens (including phenoxy) is 2. The summed E-state index contributed by atoms with van der Waals surface area (Å²) in [5.74, 6) is 7.72. The number of allylic oxidation sites excluding steroid dienone is 2. The van der Waals surface area contributed by atoms with Crippen LogP contribution in [0.4, 0.5) is 0 Å². The first-order valence-electron chi connectivity index (χ1n) is 5.46. The van der Waals surface area contributed by atoms with E-state index in [1.54, 1.807) is 24.3 Å². The normalized spacial score (nSPS) is 13.8. The molecule has 1 aliphatic carbocycles. The Kier molecular flexibility index (Phi) is 3.82. The van der Waals surface area contributed by atoms with E-state index in [0.29, 0.717) is 23.7 Å². The number of carbonyl (C=O) groups excluding carboxylic acids is 1. The highest BCUT2D eigenvalue weighted by Crippen LogP contribution is 2.21. The fourth-order valence-corrected chi connectivity index (χ4v) is 1.48. The molecular formula is C14H12O3. The van der Waals surface area contributed by atoms with Crippen molar-refractivity contribution in [3.63, 3.8) is 0 Å². The minimum absolute atomic E-state index is 0.393. The molecule has 0 amide bonds. The van der Waals surface area contributed by atoms with Crippen LogP contribution < -0.4 is 9.47 Å². The van der Waals surface area contributed by atoms with Crippen LogP contribution in [0.5, 0.6) is 11.5 Å². The summed E-state index contributed by atoms with van der Waals surface area (Å²) in [6, 6.07) is 6.90. The van der Waals surface area contributed by atoms with Gasteiger partial charge < -0.3 is 9.47 Å². The van der Waals surface area contributed by atoms with E-state index in [9.17, 15) is 4.79 Å². The van der Waals surface area contributed by atoms with Crippen LogP contribution in [0.3, 0.4) is 0 Å². The third-order valence-electron chi connectivity index (χ3n) is 2.26. The Balaban J connectivity index is 2.11. The summed E-state index contributed by atoms with van der Waals surface area (Å²) < 4.78 is 10.4. The van der Waals surface area contributed by atoms with Gasteiger partial charge in [-0.15, -0.1) is 0 Å². The monoisotopic (exact) mass is 228 g/mol. The molecule has 0 radical (unpaired) electrons. The van der Waals surface area contributed by atoms with Gasteiger partial charge in [0.1, 0.15) is 11.5 Å². The van der Waals surface area contributed by atoms with Gasteiger partial charge in [-0.1, -0.05) is 12.0 Å². The Morgan fingerprint density at radius 1 is 1.29 bits per heavy atom. The highest BCUT2D eigenvalue weighted by molar-refractivity contribution is 5.47. The van der Waals surface area contributed by atoms with Crippen LogP contribution in [0.25, 0.3) is 0 Å². The molecule has 0 unspecified atom stereocenters. The minimum Gasteiger partial charge on any atom is -0.449 e. The number of hydrogen-bond acceptors (Lipinski definition) is 3. The van der Waals surface area contributed by atoms with Crippen LogP contribution in [0, 0.1) is 11.8 Å². The van der Waals surface area contributed by atoms with Crippen molar-refractivity contribution in [3.8, 4) is 23.3 Å². The van der Waals surface area contributed by atoms with Crippen molar-refractivity contribution in [3.05, 3.63) is 36.1 Å². The first kappa shape index (κ1) is 11.3. The number of hydrogen-bond donors (Lipinski definition) is 0. The molecule has 0 spiro atoms. The van der Waals surface area contributed by atoms with Crippen LogP contribution in [0.15, 0.2) is 36.1 Å². The van der Waals surface area contributed by atoms with Gasteiger partial charge in [-0.3, -0.25) is 4.79 Å². The van der Waals surface area contributed by atoms with E-state index in [4.69, 9.17) is 9.47 Å². The van der Waals surface area contributed by atoms with Gasteiger partial charge in [0.05, 0.1) is 0 Å². The second-order valence-electron chi connectivity index (χ2n) is 3.55. The zero-order chi connectivity index (χ0) is 11.9.